The van der Waals surface area contributed by atoms with Gasteiger partial charge in [-0.2, -0.15) is 0 Å². The first kappa shape index (κ1) is 11.9. The highest BCUT2D eigenvalue weighted by Gasteiger charge is 2.28. The van der Waals surface area contributed by atoms with Crippen molar-refractivity contribution in [2.24, 2.45) is 0 Å². The average molecular weight is 238 g/mol. The molecule has 1 amide bonds. The Morgan fingerprint density at radius 3 is 2.94 bits per heavy atom. The van der Waals surface area contributed by atoms with Crippen molar-refractivity contribution < 1.29 is 14.3 Å². The van der Waals surface area contributed by atoms with E-state index < -0.39 is 11.7 Å². The smallest absolute Gasteiger partial charge is 0.260 e. The number of halogens is 1. The first-order chi connectivity index (χ1) is 8.13. The summed E-state index contributed by atoms with van der Waals surface area (Å²) in [5.41, 5.74) is -0.232. The molecule has 0 aromatic heterocycles. The van der Waals surface area contributed by atoms with Gasteiger partial charge in [-0.3, -0.25) is 4.79 Å². The molecular weight excluding hydrogens is 223 g/mol. The van der Waals surface area contributed by atoms with Crippen molar-refractivity contribution in [1.82, 2.24) is 10.2 Å². The van der Waals surface area contributed by atoms with E-state index in [9.17, 15) is 14.3 Å². The maximum atomic E-state index is 13.5. The van der Waals surface area contributed by atoms with E-state index in [-0.39, 0.29) is 17.4 Å². The summed E-state index contributed by atoms with van der Waals surface area (Å²) in [7, 11) is 1.83. The van der Waals surface area contributed by atoms with E-state index in [1.165, 1.54) is 18.2 Å². The van der Waals surface area contributed by atoms with Gasteiger partial charge in [0.1, 0.15) is 17.1 Å². The van der Waals surface area contributed by atoms with Gasteiger partial charge in [0.25, 0.3) is 5.91 Å². The minimum Gasteiger partial charge on any atom is -0.507 e. The number of carbonyl (C=O) groups is 1. The Kier molecular flexibility index (Phi) is 3.28. The molecule has 1 aromatic rings. The molecule has 1 aliphatic heterocycles. The number of aromatic hydroxyl groups is 1. The van der Waals surface area contributed by atoms with E-state index >= 15 is 0 Å². The van der Waals surface area contributed by atoms with E-state index in [0.29, 0.717) is 13.1 Å². The quantitative estimate of drug-likeness (QED) is 0.807. The number of nitrogens with one attached hydrogen (secondary N) is 1. The van der Waals surface area contributed by atoms with Crippen LogP contribution in [0.4, 0.5) is 4.39 Å². The van der Waals surface area contributed by atoms with Crippen LogP contribution in [0.2, 0.25) is 0 Å². The number of rotatable bonds is 2. The predicted octanol–water partition coefficient (Wildman–Crippen LogP) is 0.965. The molecule has 4 nitrogen and oxygen atoms in total. The molecule has 5 heteroatoms. The van der Waals surface area contributed by atoms with Gasteiger partial charge in [0.15, 0.2) is 0 Å². The van der Waals surface area contributed by atoms with Gasteiger partial charge in [0.05, 0.1) is 0 Å². The molecule has 0 radical (unpaired) electrons. The maximum absolute atomic E-state index is 13.5. The fraction of sp³-hybridized carbons (Fsp3) is 0.417. The second-order valence-electron chi connectivity index (χ2n) is 4.16. The lowest BCUT2D eigenvalue weighted by Gasteiger charge is -2.17. The molecule has 1 fully saturated rings. The van der Waals surface area contributed by atoms with Crippen molar-refractivity contribution in [3.8, 4) is 5.75 Å². The molecular formula is C12H15FN2O2. The first-order valence-electron chi connectivity index (χ1n) is 5.57. The first-order valence-corrected chi connectivity index (χ1v) is 5.57. The van der Waals surface area contributed by atoms with E-state index in [4.69, 9.17) is 0 Å². The number of amides is 1. The Morgan fingerprint density at radius 1 is 1.59 bits per heavy atom. The zero-order chi connectivity index (χ0) is 12.4. The molecule has 2 N–H and O–H groups in total. The molecule has 17 heavy (non-hydrogen) atoms. The van der Waals surface area contributed by atoms with Crippen molar-refractivity contribution in [3.05, 3.63) is 29.6 Å². The Balaban J connectivity index is 2.21. The molecule has 1 atom stereocenters. The van der Waals surface area contributed by atoms with Crippen molar-refractivity contribution >= 4 is 5.91 Å². The van der Waals surface area contributed by atoms with Crippen molar-refractivity contribution in [1.29, 1.82) is 0 Å². The summed E-state index contributed by atoms with van der Waals surface area (Å²) in [4.78, 5) is 13.6. The number of likely N-dealkylation sites (tertiary alicyclic amines) is 1. The Hall–Kier alpha value is -1.62. The predicted molar refractivity (Wildman–Crippen MR) is 61.4 cm³/mol. The van der Waals surface area contributed by atoms with E-state index in [1.54, 1.807) is 4.90 Å². The largest absolute Gasteiger partial charge is 0.507 e. The summed E-state index contributed by atoms with van der Waals surface area (Å²) in [6.07, 6.45) is 0.845. The number of phenols is 1. The SMILES string of the molecule is CNC1CCN(C(=O)c2c(O)cccc2F)C1. The van der Waals surface area contributed by atoms with E-state index in [1.807, 2.05) is 7.05 Å². The highest BCUT2D eigenvalue weighted by molar-refractivity contribution is 5.97. The van der Waals surface area contributed by atoms with Crippen LogP contribution in [0, 0.1) is 5.82 Å². The van der Waals surface area contributed by atoms with Crippen molar-refractivity contribution in [3.63, 3.8) is 0 Å². The molecule has 0 spiro atoms. The maximum Gasteiger partial charge on any atom is 0.260 e. The van der Waals surface area contributed by atoms with E-state index in [0.717, 1.165) is 6.42 Å². The van der Waals surface area contributed by atoms with Crippen molar-refractivity contribution in [2.75, 3.05) is 20.1 Å². The number of phenolic OH excluding ortho intramolecular Hbond substituents is 1. The normalized spacial score (nSPS) is 19.6. The van der Waals surface area contributed by atoms with Gasteiger partial charge in [-0.25, -0.2) is 4.39 Å². The molecule has 0 bridgehead atoms. The molecule has 1 aromatic carbocycles. The van der Waals surface area contributed by atoms with Gasteiger partial charge in [-0.15, -0.1) is 0 Å². The summed E-state index contributed by atoms with van der Waals surface area (Å²) in [5, 5.41) is 12.6. The summed E-state index contributed by atoms with van der Waals surface area (Å²) < 4.78 is 13.5. The van der Waals surface area contributed by atoms with Crippen LogP contribution < -0.4 is 5.32 Å². The van der Waals surface area contributed by atoms with Crippen LogP contribution >= 0.6 is 0 Å². The Labute approximate surface area is 99.0 Å². The summed E-state index contributed by atoms with van der Waals surface area (Å²) in [6, 6.07) is 4.12. The summed E-state index contributed by atoms with van der Waals surface area (Å²) >= 11 is 0. The molecule has 1 heterocycles. The minimum absolute atomic E-state index is 0.232. The topological polar surface area (TPSA) is 52.6 Å². The Morgan fingerprint density at radius 2 is 2.35 bits per heavy atom. The third-order valence-electron chi connectivity index (χ3n) is 3.09. The number of hydrogen-bond donors (Lipinski definition) is 2. The monoisotopic (exact) mass is 238 g/mol. The average Bonchev–Trinajstić information content (AvgIpc) is 2.77. The van der Waals surface area contributed by atoms with Gasteiger partial charge in [0, 0.05) is 19.1 Å². The third-order valence-corrected chi connectivity index (χ3v) is 3.09. The number of benzene rings is 1. The van der Waals surface area contributed by atoms with Crippen LogP contribution in [0.3, 0.4) is 0 Å². The zero-order valence-corrected chi connectivity index (χ0v) is 9.61. The standard InChI is InChI=1S/C12H15FN2O2/c1-14-8-5-6-15(7-8)12(17)11-9(13)3-2-4-10(11)16/h2-4,8,14,16H,5-7H2,1H3. The third kappa shape index (κ3) is 2.24. The highest BCUT2D eigenvalue weighted by atomic mass is 19.1. The van der Waals surface area contributed by atoms with Gasteiger partial charge < -0.3 is 15.3 Å². The van der Waals surface area contributed by atoms with Crippen LogP contribution in [-0.4, -0.2) is 42.1 Å². The van der Waals surface area contributed by atoms with Gasteiger partial charge in [-0.05, 0) is 25.6 Å². The number of hydrogen-bond acceptors (Lipinski definition) is 3. The van der Waals surface area contributed by atoms with Crippen LogP contribution in [0.1, 0.15) is 16.8 Å². The van der Waals surface area contributed by atoms with Crippen LogP contribution in [0.5, 0.6) is 5.75 Å². The van der Waals surface area contributed by atoms with Crippen LogP contribution in [0.25, 0.3) is 0 Å². The lowest BCUT2D eigenvalue weighted by atomic mass is 10.1. The second-order valence-corrected chi connectivity index (χ2v) is 4.16. The summed E-state index contributed by atoms with van der Waals surface area (Å²) in [5.74, 6) is -1.43. The molecule has 0 aliphatic carbocycles. The van der Waals surface area contributed by atoms with Crippen LogP contribution in [-0.2, 0) is 0 Å². The second kappa shape index (κ2) is 4.71. The molecule has 1 unspecified atom stereocenters. The molecule has 92 valence electrons. The van der Waals surface area contributed by atoms with Crippen molar-refractivity contribution in [2.45, 2.75) is 12.5 Å². The van der Waals surface area contributed by atoms with Gasteiger partial charge >= 0.3 is 0 Å². The van der Waals surface area contributed by atoms with E-state index in [2.05, 4.69) is 5.32 Å². The van der Waals surface area contributed by atoms with Gasteiger partial charge in [-0.1, -0.05) is 6.07 Å². The summed E-state index contributed by atoms with van der Waals surface area (Å²) in [6.45, 7) is 1.13. The van der Waals surface area contributed by atoms with Crippen LogP contribution in [0.15, 0.2) is 18.2 Å². The number of nitrogens with zero attached hydrogens (tertiary/aromatic N) is 1. The molecule has 0 saturated carbocycles. The lowest BCUT2D eigenvalue weighted by molar-refractivity contribution is 0.0782. The zero-order valence-electron chi connectivity index (χ0n) is 9.61. The fourth-order valence-corrected chi connectivity index (χ4v) is 2.06. The lowest BCUT2D eigenvalue weighted by Crippen LogP contribution is -2.33. The fourth-order valence-electron chi connectivity index (χ4n) is 2.06. The molecule has 1 aliphatic rings. The number of likely N-dealkylation sites (N-methyl/N-ethyl adjacent to an activating group) is 1. The number of carbonyl (C=O) groups excluding carboxylic acids is 1. The molecule has 2 rings (SSSR count). The Bertz CT molecular complexity index is 416. The highest BCUT2D eigenvalue weighted by Crippen LogP contribution is 2.23. The minimum atomic E-state index is -0.678. The van der Waals surface area contributed by atoms with Gasteiger partial charge in [0.2, 0.25) is 0 Å². The molecule has 1 saturated heterocycles.